The van der Waals surface area contributed by atoms with Crippen molar-refractivity contribution in [3.8, 4) is 0 Å². The number of hydrogen-bond acceptors (Lipinski definition) is 5. The first-order valence-corrected chi connectivity index (χ1v) is 2.83. The molecule has 0 aliphatic carbocycles. The Hall–Kier alpha value is -0.940. The van der Waals surface area contributed by atoms with Crippen molar-refractivity contribution in [1.29, 1.82) is 0 Å². The largest absolute Gasteiger partial charge is 0.393 e. The molecule has 0 radical (unpaired) electrons. The van der Waals surface area contributed by atoms with Crippen molar-refractivity contribution >= 4 is 0 Å². The van der Waals surface area contributed by atoms with E-state index in [1.165, 1.54) is 0 Å². The highest BCUT2D eigenvalue weighted by molar-refractivity contribution is 4.86. The summed E-state index contributed by atoms with van der Waals surface area (Å²) in [7, 11) is 0. The van der Waals surface area contributed by atoms with Crippen molar-refractivity contribution in [2.75, 3.05) is 6.61 Å². The lowest BCUT2D eigenvalue weighted by atomic mass is 10.4. The number of nitrogens with zero attached hydrogens (tertiary/aromatic N) is 2. The third kappa shape index (κ3) is 1.31. The zero-order valence-corrected chi connectivity index (χ0v) is 5.48. The summed E-state index contributed by atoms with van der Waals surface area (Å²) >= 11 is 0. The van der Waals surface area contributed by atoms with Crippen LogP contribution in [0.15, 0.2) is 4.52 Å². The van der Waals surface area contributed by atoms with E-state index in [4.69, 9.17) is 10.2 Å². The predicted octanol–water partition coefficient (Wildman–Crippen LogP) is -0.596. The van der Waals surface area contributed by atoms with Gasteiger partial charge in [-0.1, -0.05) is 5.16 Å². The third-order valence-corrected chi connectivity index (χ3v) is 1.00. The quantitative estimate of drug-likeness (QED) is 0.579. The van der Waals surface area contributed by atoms with Gasteiger partial charge in [-0.2, -0.15) is 4.98 Å². The number of aliphatic hydroxyl groups is 2. The second-order valence-corrected chi connectivity index (χ2v) is 1.88. The monoisotopic (exact) mass is 144 g/mol. The highest BCUT2D eigenvalue weighted by Gasteiger charge is 2.12. The van der Waals surface area contributed by atoms with Gasteiger partial charge < -0.3 is 14.7 Å². The molecule has 1 heterocycles. The second kappa shape index (κ2) is 2.76. The maximum Gasteiger partial charge on any atom is 0.257 e. The van der Waals surface area contributed by atoms with Gasteiger partial charge in [-0.25, -0.2) is 0 Å². The van der Waals surface area contributed by atoms with E-state index in [1.807, 2.05) is 0 Å². The predicted molar refractivity (Wildman–Crippen MR) is 31.1 cm³/mol. The molecule has 1 rings (SSSR count). The lowest BCUT2D eigenvalue weighted by Gasteiger charge is -1.96. The molecule has 10 heavy (non-hydrogen) atoms. The van der Waals surface area contributed by atoms with Crippen LogP contribution in [0.3, 0.4) is 0 Å². The molecule has 0 spiro atoms. The third-order valence-electron chi connectivity index (χ3n) is 1.00. The Balaban J connectivity index is 2.74. The Labute approximate surface area is 57.3 Å². The normalized spacial score (nSPS) is 13.5. The van der Waals surface area contributed by atoms with Gasteiger partial charge in [0.2, 0.25) is 0 Å². The van der Waals surface area contributed by atoms with E-state index in [1.54, 1.807) is 6.92 Å². The van der Waals surface area contributed by atoms with Crippen LogP contribution in [0.4, 0.5) is 0 Å². The molecule has 0 fully saturated rings. The minimum absolute atomic E-state index is 0.0556. The van der Waals surface area contributed by atoms with Crippen LogP contribution < -0.4 is 0 Å². The van der Waals surface area contributed by atoms with Gasteiger partial charge >= 0.3 is 0 Å². The molecule has 0 unspecified atom stereocenters. The smallest absolute Gasteiger partial charge is 0.257 e. The summed E-state index contributed by atoms with van der Waals surface area (Å²) in [6.07, 6.45) is -1.05. The van der Waals surface area contributed by atoms with Gasteiger partial charge in [0.15, 0.2) is 11.9 Å². The van der Waals surface area contributed by atoms with E-state index in [-0.39, 0.29) is 5.89 Å². The molecule has 0 bridgehead atoms. The Morgan fingerprint density at radius 3 is 2.80 bits per heavy atom. The van der Waals surface area contributed by atoms with Crippen molar-refractivity contribution < 1.29 is 14.7 Å². The molecule has 5 heteroatoms. The molecular formula is C5H8N2O3. The summed E-state index contributed by atoms with van der Waals surface area (Å²) in [5.41, 5.74) is 0. The first kappa shape index (κ1) is 7.17. The molecule has 2 N–H and O–H groups in total. The van der Waals surface area contributed by atoms with Crippen molar-refractivity contribution in [2.45, 2.75) is 13.0 Å². The zero-order chi connectivity index (χ0) is 7.56. The number of aliphatic hydroxyl groups excluding tert-OH is 2. The lowest BCUT2D eigenvalue weighted by molar-refractivity contribution is 0.0679. The maximum atomic E-state index is 8.90. The fourth-order valence-corrected chi connectivity index (χ4v) is 0.527. The number of aryl methyl sites for hydroxylation is 1. The Kier molecular flexibility index (Phi) is 1.98. The first-order valence-electron chi connectivity index (χ1n) is 2.83. The van der Waals surface area contributed by atoms with Crippen LogP contribution in [-0.2, 0) is 0 Å². The molecule has 0 amide bonds. The Morgan fingerprint density at radius 1 is 1.70 bits per heavy atom. The summed E-state index contributed by atoms with van der Waals surface area (Å²) in [6.45, 7) is 1.23. The van der Waals surface area contributed by atoms with Crippen LogP contribution in [0.2, 0.25) is 0 Å². The van der Waals surface area contributed by atoms with Crippen molar-refractivity contribution in [3.05, 3.63) is 11.7 Å². The molecule has 0 aliphatic heterocycles. The van der Waals surface area contributed by atoms with Crippen molar-refractivity contribution in [1.82, 2.24) is 10.1 Å². The molecule has 1 aromatic rings. The number of rotatable bonds is 2. The molecule has 0 aromatic carbocycles. The molecule has 0 saturated carbocycles. The average Bonchev–Trinajstić information content (AvgIpc) is 2.34. The molecule has 1 aromatic heterocycles. The topological polar surface area (TPSA) is 79.4 Å². The van der Waals surface area contributed by atoms with E-state index in [0.717, 1.165) is 0 Å². The minimum Gasteiger partial charge on any atom is -0.393 e. The van der Waals surface area contributed by atoms with Gasteiger partial charge in [0.1, 0.15) is 0 Å². The summed E-state index contributed by atoms with van der Waals surface area (Å²) in [6, 6.07) is 0. The summed E-state index contributed by atoms with van der Waals surface area (Å²) < 4.78 is 4.55. The van der Waals surface area contributed by atoms with Gasteiger partial charge in [0, 0.05) is 0 Å². The Morgan fingerprint density at radius 2 is 2.40 bits per heavy atom. The SMILES string of the molecule is Cc1noc([C@@H](O)CO)n1. The van der Waals surface area contributed by atoms with Gasteiger partial charge in [0.05, 0.1) is 6.61 Å². The highest BCUT2D eigenvalue weighted by Crippen LogP contribution is 2.07. The number of aromatic nitrogens is 2. The van der Waals surface area contributed by atoms with E-state index in [0.29, 0.717) is 5.82 Å². The lowest BCUT2D eigenvalue weighted by Crippen LogP contribution is -2.02. The van der Waals surface area contributed by atoms with Crippen LogP contribution in [0.25, 0.3) is 0 Å². The molecule has 5 nitrogen and oxygen atoms in total. The molecular weight excluding hydrogens is 136 g/mol. The Bertz CT molecular complexity index is 210. The first-order chi connectivity index (χ1) is 4.74. The van der Waals surface area contributed by atoms with Gasteiger partial charge in [-0.15, -0.1) is 0 Å². The molecule has 1 atom stereocenters. The fraction of sp³-hybridized carbons (Fsp3) is 0.600. The zero-order valence-electron chi connectivity index (χ0n) is 5.48. The molecule has 0 aliphatic rings. The number of hydrogen-bond donors (Lipinski definition) is 2. The summed E-state index contributed by atoms with van der Waals surface area (Å²) in [4.78, 5) is 3.69. The summed E-state index contributed by atoms with van der Waals surface area (Å²) in [5, 5.41) is 20.7. The van der Waals surface area contributed by atoms with Gasteiger partial charge in [-0.3, -0.25) is 0 Å². The van der Waals surface area contributed by atoms with Crippen molar-refractivity contribution in [3.63, 3.8) is 0 Å². The van der Waals surface area contributed by atoms with Gasteiger partial charge in [0.25, 0.3) is 5.89 Å². The van der Waals surface area contributed by atoms with E-state index in [2.05, 4.69) is 14.7 Å². The highest BCUT2D eigenvalue weighted by atomic mass is 16.5. The van der Waals surface area contributed by atoms with Crippen LogP contribution in [0.5, 0.6) is 0 Å². The van der Waals surface area contributed by atoms with E-state index < -0.39 is 12.7 Å². The minimum atomic E-state index is -1.05. The van der Waals surface area contributed by atoms with Gasteiger partial charge in [-0.05, 0) is 6.92 Å². The molecule has 56 valence electrons. The van der Waals surface area contributed by atoms with Crippen LogP contribution in [0.1, 0.15) is 17.8 Å². The average molecular weight is 144 g/mol. The van der Waals surface area contributed by atoms with E-state index in [9.17, 15) is 0 Å². The standard InChI is InChI=1S/C5H8N2O3/c1-3-6-5(10-7-3)4(9)2-8/h4,8-9H,2H2,1H3/t4-/m0/s1. The maximum absolute atomic E-state index is 8.90. The van der Waals surface area contributed by atoms with Crippen LogP contribution in [0, 0.1) is 6.92 Å². The van der Waals surface area contributed by atoms with Crippen molar-refractivity contribution in [2.24, 2.45) is 0 Å². The van der Waals surface area contributed by atoms with Crippen LogP contribution >= 0.6 is 0 Å². The summed E-state index contributed by atoms with van der Waals surface area (Å²) in [5.74, 6) is 0.502. The second-order valence-electron chi connectivity index (χ2n) is 1.88. The fourth-order valence-electron chi connectivity index (χ4n) is 0.527. The van der Waals surface area contributed by atoms with E-state index >= 15 is 0 Å². The molecule has 0 saturated heterocycles. The van der Waals surface area contributed by atoms with Crippen LogP contribution in [-0.4, -0.2) is 27.0 Å².